The maximum Gasteiger partial charge on any atom is 0.573 e. The SMILES string of the molecule is CCCN1CCCc2cc(-c3cnn(C)c3)c(OC(F)(F)F)cc21. The number of aromatic nitrogens is 2. The Bertz CT molecular complexity index is 724. The first kappa shape index (κ1) is 16.7. The van der Waals surface area contributed by atoms with Gasteiger partial charge in [-0.3, -0.25) is 4.68 Å². The highest BCUT2D eigenvalue weighted by molar-refractivity contribution is 5.76. The second-order valence-electron chi connectivity index (χ2n) is 6.02. The summed E-state index contributed by atoms with van der Waals surface area (Å²) in [7, 11) is 1.73. The Balaban J connectivity index is 2.10. The van der Waals surface area contributed by atoms with Crippen LogP contribution in [0.2, 0.25) is 0 Å². The third kappa shape index (κ3) is 3.49. The summed E-state index contributed by atoms with van der Waals surface area (Å²) < 4.78 is 44.5. The summed E-state index contributed by atoms with van der Waals surface area (Å²) in [6.07, 6.45) is 1.32. The van der Waals surface area contributed by atoms with E-state index in [0.29, 0.717) is 11.1 Å². The lowest BCUT2D eigenvalue weighted by Crippen LogP contribution is -2.30. The number of halogens is 3. The van der Waals surface area contributed by atoms with Gasteiger partial charge < -0.3 is 9.64 Å². The van der Waals surface area contributed by atoms with E-state index in [1.807, 2.05) is 6.07 Å². The van der Waals surface area contributed by atoms with Crippen LogP contribution in [-0.2, 0) is 13.5 Å². The normalized spacial score (nSPS) is 14.6. The van der Waals surface area contributed by atoms with E-state index in [2.05, 4.69) is 21.7 Å². The Labute approximate surface area is 138 Å². The monoisotopic (exact) mass is 339 g/mol. The van der Waals surface area contributed by atoms with Gasteiger partial charge in [-0.05, 0) is 30.9 Å². The van der Waals surface area contributed by atoms with Crippen LogP contribution >= 0.6 is 0 Å². The number of hydrogen-bond acceptors (Lipinski definition) is 3. The molecule has 0 saturated carbocycles. The molecule has 0 atom stereocenters. The average Bonchev–Trinajstić information content (AvgIpc) is 2.92. The highest BCUT2D eigenvalue weighted by atomic mass is 19.4. The number of nitrogens with zero attached hydrogens (tertiary/aromatic N) is 3. The van der Waals surface area contributed by atoms with Gasteiger partial charge in [0.1, 0.15) is 5.75 Å². The fourth-order valence-electron chi connectivity index (χ4n) is 3.19. The molecule has 7 heteroatoms. The minimum absolute atomic E-state index is 0.169. The molecule has 2 aromatic rings. The van der Waals surface area contributed by atoms with E-state index >= 15 is 0 Å². The Kier molecular flexibility index (Phi) is 4.43. The first-order chi connectivity index (χ1) is 11.4. The van der Waals surface area contributed by atoms with E-state index in [9.17, 15) is 13.2 Å². The van der Waals surface area contributed by atoms with Gasteiger partial charge in [-0.25, -0.2) is 0 Å². The number of fused-ring (bicyclic) bond motifs is 1. The Morgan fingerprint density at radius 3 is 2.71 bits per heavy atom. The molecule has 1 aliphatic rings. The van der Waals surface area contributed by atoms with Gasteiger partial charge in [0, 0.05) is 49.2 Å². The molecular formula is C17H20F3N3O. The minimum Gasteiger partial charge on any atom is -0.405 e. The minimum atomic E-state index is -4.73. The van der Waals surface area contributed by atoms with Crippen molar-refractivity contribution in [2.75, 3.05) is 18.0 Å². The molecule has 4 nitrogen and oxygen atoms in total. The van der Waals surface area contributed by atoms with Gasteiger partial charge in [-0.2, -0.15) is 5.10 Å². The second kappa shape index (κ2) is 6.37. The summed E-state index contributed by atoms with van der Waals surface area (Å²) >= 11 is 0. The molecule has 0 unspecified atom stereocenters. The van der Waals surface area contributed by atoms with Crippen molar-refractivity contribution in [3.63, 3.8) is 0 Å². The van der Waals surface area contributed by atoms with Gasteiger partial charge in [-0.15, -0.1) is 13.2 Å². The summed E-state index contributed by atoms with van der Waals surface area (Å²) in [5.74, 6) is -0.169. The molecule has 0 bridgehead atoms. The number of anilines is 1. The number of rotatable bonds is 4. The average molecular weight is 339 g/mol. The van der Waals surface area contributed by atoms with E-state index in [4.69, 9.17) is 0 Å². The van der Waals surface area contributed by atoms with Crippen molar-refractivity contribution < 1.29 is 17.9 Å². The molecule has 1 aliphatic heterocycles. The number of aryl methyl sites for hydroxylation is 2. The van der Waals surface area contributed by atoms with Gasteiger partial charge in [0.05, 0.1) is 6.20 Å². The van der Waals surface area contributed by atoms with Crippen LogP contribution in [0, 0.1) is 0 Å². The van der Waals surface area contributed by atoms with Crippen molar-refractivity contribution in [3.05, 3.63) is 30.1 Å². The Morgan fingerprint density at radius 2 is 2.08 bits per heavy atom. The molecule has 0 radical (unpaired) electrons. The van der Waals surface area contributed by atoms with Gasteiger partial charge >= 0.3 is 6.36 Å². The standard InChI is InChI=1S/C17H20F3N3O/c1-3-6-23-7-4-5-12-8-14(13-10-21-22(2)11-13)16(9-15(12)23)24-17(18,19)20/h8-11H,3-7H2,1-2H3. The maximum absolute atomic E-state index is 12.9. The summed E-state index contributed by atoms with van der Waals surface area (Å²) in [6, 6.07) is 3.34. The lowest BCUT2D eigenvalue weighted by molar-refractivity contribution is -0.274. The van der Waals surface area contributed by atoms with Crippen LogP contribution in [0.3, 0.4) is 0 Å². The fourth-order valence-corrected chi connectivity index (χ4v) is 3.19. The van der Waals surface area contributed by atoms with Crippen molar-refractivity contribution >= 4 is 5.69 Å². The van der Waals surface area contributed by atoms with E-state index < -0.39 is 6.36 Å². The van der Waals surface area contributed by atoms with Gasteiger partial charge in [0.25, 0.3) is 0 Å². The van der Waals surface area contributed by atoms with Crippen LogP contribution in [0.25, 0.3) is 11.1 Å². The van der Waals surface area contributed by atoms with E-state index in [0.717, 1.165) is 43.6 Å². The zero-order valence-corrected chi connectivity index (χ0v) is 13.7. The number of benzene rings is 1. The maximum atomic E-state index is 12.9. The van der Waals surface area contributed by atoms with Gasteiger partial charge in [0.15, 0.2) is 0 Å². The Morgan fingerprint density at radius 1 is 1.29 bits per heavy atom. The van der Waals surface area contributed by atoms with E-state index in [1.165, 1.54) is 6.07 Å². The third-order valence-corrected chi connectivity index (χ3v) is 4.13. The molecule has 3 rings (SSSR count). The molecule has 0 fully saturated rings. The van der Waals surface area contributed by atoms with Crippen molar-refractivity contribution in [2.24, 2.45) is 7.05 Å². The van der Waals surface area contributed by atoms with Crippen LogP contribution in [-0.4, -0.2) is 29.2 Å². The number of ether oxygens (including phenoxy) is 1. The molecular weight excluding hydrogens is 319 g/mol. The molecule has 0 spiro atoms. The van der Waals surface area contributed by atoms with E-state index in [1.54, 1.807) is 24.1 Å². The molecule has 0 aliphatic carbocycles. The van der Waals surface area contributed by atoms with Gasteiger partial charge in [0.2, 0.25) is 0 Å². The fraction of sp³-hybridized carbons (Fsp3) is 0.471. The summed E-state index contributed by atoms with van der Waals surface area (Å²) in [5.41, 5.74) is 2.95. The van der Waals surface area contributed by atoms with Crippen molar-refractivity contribution in [1.29, 1.82) is 0 Å². The van der Waals surface area contributed by atoms with Crippen molar-refractivity contribution in [1.82, 2.24) is 9.78 Å². The third-order valence-electron chi connectivity index (χ3n) is 4.13. The molecule has 1 aromatic carbocycles. The number of alkyl halides is 3. The Hall–Kier alpha value is -2.18. The van der Waals surface area contributed by atoms with Crippen LogP contribution in [0.4, 0.5) is 18.9 Å². The molecule has 130 valence electrons. The van der Waals surface area contributed by atoms with E-state index in [-0.39, 0.29) is 5.75 Å². The van der Waals surface area contributed by atoms with Crippen molar-refractivity contribution in [3.8, 4) is 16.9 Å². The van der Waals surface area contributed by atoms with Crippen LogP contribution in [0.15, 0.2) is 24.5 Å². The summed E-state index contributed by atoms with van der Waals surface area (Å²) in [4.78, 5) is 2.13. The zero-order chi connectivity index (χ0) is 17.3. The van der Waals surface area contributed by atoms with Crippen molar-refractivity contribution in [2.45, 2.75) is 32.5 Å². The highest BCUT2D eigenvalue weighted by Crippen LogP contribution is 2.40. The summed E-state index contributed by atoms with van der Waals surface area (Å²) in [5, 5.41) is 4.06. The topological polar surface area (TPSA) is 30.3 Å². The van der Waals surface area contributed by atoms with Gasteiger partial charge in [-0.1, -0.05) is 6.92 Å². The predicted molar refractivity (Wildman–Crippen MR) is 86.2 cm³/mol. The smallest absolute Gasteiger partial charge is 0.405 e. The quantitative estimate of drug-likeness (QED) is 0.838. The first-order valence-electron chi connectivity index (χ1n) is 8.04. The second-order valence-corrected chi connectivity index (χ2v) is 6.02. The molecule has 0 amide bonds. The summed E-state index contributed by atoms with van der Waals surface area (Å²) in [6.45, 7) is 3.74. The van der Waals surface area contributed by atoms with Crippen LogP contribution < -0.4 is 9.64 Å². The lowest BCUT2D eigenvalue weighted by Gasteiger charge is -2.32. The zero-order valence-electron chi connectivity index (χ0n) is 13.7. The predicted octanol–water partition coefficient (Wildman–Crippen LogP) is 4.15. The highest BCUT2D eigenvalue weighted by Gasteiger charge is 2.33. The van der Waals surface area contributed by atoms with Crippen LogP contribution in [0.1, 0.15) is 25.3 Å². The largest absolute Gasteiger partial charge is 0.573 e. The number of hydrogen-bond donors (Lipinski definition) is 0. The molecule has 0 saturated heterocycles. The molecule has 1 aromatic heterocycles. The molecule has 0 N–H and O–H groups in total. The first-order valence-corrected chi connectivity index (χ1v) is 8.04. The lowest BCUT2D eigenvalue weighted by atomic mass is 9.96. The molecule has 2 heterocycles. The van der Waals surface area contributed by atoms with Crippen LogP contribution in [0.5, 0.6) is 5.75 Å². The molecule has 24 heavy (non-hydrogen) atoms.